The van der Waals surface area contributed by atoms with Crippen molar-refractivity contribution in [1.82, 2.24) is 5.32 Å². The zero-order valence-electron chi connectivity index (χ0n) is 21.2. The van der Waals surface area contributed by atoms with Crippen LogP contribution in [-0.2, 0) is 23.9 Å². The Morgan fingerprint density at radius 2 is 1.76 bits per heavy atom. The van der Waals surface area contributed by atoms with Crippen molar-refractivity contribution in [3.8, 4) is 0 Å². The van der Waals surface area contributed by atoms with E-state index in [2.05, 4.69) is 10.3 Å². The molecule has 2 unspecified atom stereocenters. The minimum atomic E-state index is -0.859. The van der Waals surface area contributed by atoms with Crippen LogP contribution in [0.4, 0.5) is 0 Å². The molecule has 0 aliphatic carbocycles. The molecule has 1 aliphatic heterocycles. The smallest absolute Gasteiger partial charge is 0.329 e. The summed E-state index contributed by atoms with van der Waals surface area (Å²) in [5.74, 6) is -2.96. The highest BCUT2D eigenvalue weighted by molar-refractivity contribution is 6.31. The minimum absolute atomic E-state index is 0.127. The summed E-state index contributed by atoms with van der Waals surface area (Å²) >= 11 is 6.51. The minimum Gasteiger partial charge on any atom is -0.468 e. The van der Waals surface area contributed by atoms with Crippen LogP contribution in [0.2, 0.25) is 5.02 Å². The molecule has 3 atom stereocenters. The molecule has 1 N–H and O–H groups in total. The van der Waals surface area contributed by atoms with Crippen LogP contribution in [0, 0.1) is 11.8 Å². The van der Waals surface area contributed by atoms with E-state index >= 15 is 0 Å². The van der Waals surface area contributed by atoms with E-state index in [1.54, 1.807) is 58.9 Å². The first-order valence-corrected chi connectivity index (χ1v) is 11.8. The third-order valence-corrected chi connectivity index (χ3v) is 5.82. The number of esters is 2. The number of methoxy groups -OCH3 is 1. The first-order valence-electron chi connectivity index (χ1n) is 11.4. The number of allylic oxidation sites excluding steroid dienone is 1. The number of hydrogen-bond donors (Lipinski definition) is 1. The van der Waals surface area contributed by atoms with Gasteiger partial charge in [0.05, 0.1) is 7.11 Å². The Bertz CT molecular complexity index is 1010. The van der Waals surface area contributed by atoms with E-state index in [-0.39, 0.29) is 11.5 Å². The highest BCUT2D eigenvalue weighted by atomic mass is 35.5. The molecule has 0 saturated carbocycles. The molecule has 0 aromatic heterocycles. The maximum Gasteiger partial charge on any atom is 0.329 e. The predicted molar refractivity (Wildman–Crippen MR) is 133 cm³/mol. The van der Waals surface area contributed by atoms with Crippen molar-refractivity contribution in [2.24, 2.45) is 16.8 Å². The Morgan fingerprint density at radius 1 is 1.15 bits per heavy atom. The quantitative estimate of drug-likeness (QED) is 0.552. The van der Waals surface area contributed by atoms with Crippen molar-refractivity contribution >= 4 is 35.2 Å². The number of nitrogens with one attached hydrogen (secondary N) is 1. The van der Waals surface area contributed by atoms with Gasteiger partial charge in [0.2, 0.25) is 5.91 Å². The van der Waals surface area contributed by atoms with Gasteiger partial charge in [-0.15, -0.1) is 0 Å². The summed E-state index contributed by atoms with van der Waals surface area (Å²) in [5, 5.41) is 3.26. The van der Waals surface area contributed by atoms with Gasteiger partial charge in [-0.3, -0.25) is 14.6 Å². The van der Waals surface area contributed by atoms with Gasteiger partial charge in [-0.25, -0.2) is 4.79 Å². The second kappa shape index (κ2) is 11.2. The van der Waals surface area contributed by atoms with Crippen molar-refractivity contribution in [2.45, 2.75) is 72.4 Å². The SMILES string of the molecule is COC(=O)C1C(C)=NC(C)=C(C(=O)N[C@@H](CC(C)C)C(=O)OC(C)(C)C)C1c1ccccc1Cl. The average Bonchev–Trinajstić information content (AvgIpc) is 2.71. The molecule has 0 fully saturated rings. The molecule has 0 bridgehead atoms. The molecule has 1 aromatic rings. The van der Waals surface area contributed by atoms with E-state index in [4.69, 9.17) is 21.1 Å². The Balaban J connectivity index is 2.55. The Hall–Kier alpha value is -2.67. The third-order valence-electron chi connectivity index (χ3n) is 5.47. The van der Waals surface area contributed by atoms with Crippen LogP contribution in [-0.4, -0.2) is 42.3 Å². The molecule has 8 heteroatoms. The zero-order chi connectivity index (χ0) is 25.8. The summed E-state index contributed by atoms with van der Waals surface area (Å²) in [6.07, 6.45) is 0.395. The lowest BCUT2D eigenvalue weighted by Crippen LogP contribution is -2.47. The highest BCUT2D eigenvalue weighted by Gasteiger charge is 2.43. The normalized spacial score (nSPS) is 19.4. The van der Waals surface area contributed by atoms with Gasteiger partial charge < -0.3 is 14.8 Å². The van der Waals surface area contributed by atoms with Gasteiger partial charge in [-0.05, 0) is 58.6 Å². The van der Waals surface area contributed by atoms with Gasteiger partial charge in [0.15, 0.2) is 0 Å². The molecule has 0 radical (unpaired) electrons. The zero-order valence-corrected chi connectivity index (χ0v) is 21.9. The third kappa shape index (κ3) is 6.69. The molecule has 1 heterocycles. The number of carbonyl (C=O) groups excluding carboxylic acids is 3. The second-order valence-electron chi connectivity index (χ2n) is 9.94. The molecule has 1 aromatic carbocycles. The Kier molecular flexibility index (Phi) is 9.06. The molecule has 34 heavy (non-hydrogen) atoms. The van der Waals surface area contributed by atoms with Crippen LogP contribution in [0.25, 0.3) is 0 Å². The Morgan fingerprint density at radius 3 is 2.29 bits per heavy atom. The Labute approximate surface area is 206 Å². The number of benzene rings is 1. The summed E-state index contributed by atoms with van der Waals surface area (Å²) in [4.78, 5) is 43.9. The van der Waals surface area contributed by atoms with E-state index in [1.807, 2.05) is 13.8 Å². The number of rotatable bonds is 7. The molecular formula is C26H35ClN2O5. The first kappa shape index (κ1) is 27.6. The van der Waals surface area contributed by atoms with Gasteiger partial charge in [0, 0.05) is 27.9 Å². The number of aliphatic imine (C=N–C) groups is 1. The predicted octanol–water partition coefficient (Wildman–Crippen LogP) is 4.83. The molecule has 7 nitrogen and oxygen atoms in total. The topological polar surface area (TPSA) is 94.1 Å². The van der Waals surface area contributed by atoms with E-state index in [1.165, 1.54) is 7.11 Å². The largest absolute Gasteiger partial charge is 0.468 e. The fourth-order valence-corrected chi connectivity index (χ4v) is 4.38. The number of nitrogens with zero attached hydrogens (tertiary/aromatic N) is 1. The summed E-state index contributed by atoms with van der Waals surface area (Å²) in [6.45, 7) is 12.7. The molecule has 186 valence electrons. The maximum atomic E-state index is 13.7. The lowest BCUT2D eigenvalue weighted by atomic mass is 9.75. The van der Waals surface area contributed by atoms with Gasteiger partial charge >= 0.3 is 11.9 Å². The van der Waals surface area contributed by atoms with Crippen molar-refractivity contribution in [3.63, 3.8) is 0 Å². The van der Waals surface area contributed by atoms with E-state index in [0.29, 0.717) is 28.4 Å². The lowest BCUT2D eigenvalue weighted by molar-refractivity contribution is -0.159. The molecule has 1 aliphatic rings. The average molecular weight is 491 g/mol. The van der Waals surface area contributed by atoms with Crippen LogP contribution in [0.3, 0.4) is 0 Å². The molecule has 0 saturated heterocycles. The number of ether oxygens (including phenoxy) is 2. The molecular weight excluding hydrogens is 456 g/mol. The summed E-state index contributed by atoms with van der Waals surface area (Å²) in [5.41, 5.74) is 1.15. The van der Waals surface area contributed by atoms with Crippen molar-refractivity contribution < 1.29 is 23.9 Å². The number of carbonyl (C=O) groups is 3. The highest BCUT2D eigenvalue weighted by Crippen LogP contribution is 2.42. The van der Waals surface area contributed by atoms with Gasteiger partial charge in [-0.1, -0.05) is 43.6 Å². The van der Waals surface area contributed by atoms with Crippen LogP contribution in [0.5, 0.6) is 0 Å². The standard InChI is InChI=1S/C26H35ClN2O5/c1-14(2)13-19(24(31)34-26(5,6)7)29-23(30)20-15(3)28-16(4)21(25(32)33-8)22(20)17-11-9-10-12-18(17)27/h9-12,14,19,21-22H,13H2,1-8H3,(H,29,30)/t19-,21?,22?/m0/s1. The monoisotopic (exact) mass is 490 g/mol. The molecule has 2 rings (SSSR count). The van der Waals surface area contributed by atoms with Crippen molar-refractivity contribution in [3.05, 3.63) is 46.1 Å². The number of halogens is 1. The molecule has 1 amide bonds. The maximum absolute atomic E-state index is 13.7. The van der Waals surface area contributed by atoms with Gasteiger partial charge in [0.1, 0.15) is 17.6 Å². The van der Waals surface area contributed by atoms with Gasteiger partial charge in [0.25, 0.3) is 0 Å². The lowest BCUT2D eigenvalue weighted by Gasteiger charge is -2.33. The fourth-order valence-electron chi connectivity index (χ4n) is 4.12. The number of hydrogen-bond acceptors (Lipinski definition) is 6. The van der Waals surface area contributed by atoms with Crippen LogP contribution in [0.1, 0.15) is 66.4 Å². The van der Waals surface area contributed by atoms with Crippen LogP contribution >= 0.6 is 11.6 Å². The summed E-state index contributed by atoms with van der Waals surface area (Å²) in [7, 11) is 1.30. The fraction of sp³-hybridized carbons (Fsp3) is 0.538. The second-order valence-corrected chi connectivity index (χ2v) is 10.3. The van der Waals surface area contributed by atoms with Crippen LogP contribution in [0.15, 0.2) is 40.5 Å². The van der Waals surface area contributed by atoms with E-state index in [9.17, 15) is 14.4 Å². The summed E-state index contributed by atoms with van der Waals surface area (Å²) < 4.78 is 10.6. The number of amides is 1. The molecule has 0 spiro atoms. The summed E-state index contributed by atoms with van der Waals surface area (Å²) in [6, 6.07) is 6.20. The van der Waals surface area contributed by atoms with Crippen LogP contribution < -0.4 is 5.32 Å². The van der Waals surface area contributed by atoms with Crippen molar-refractivity contribution in [2.75, 3.05) is 7.11 Å². The van der Waals surface area contributed by atoms with E-state index < -0.39 is 41.3 Å². The van der Waals surface area contributed by atoms with Crippen molar-refractivity contribution in [1.29, 1.82) is 0 Å². The van der Waals surface area contributed by atoms with Gasteiger partial charge in [-0.2, -0.15) is 0 Å². The first-order chi connectivity index (χ1) is 15.8. The van der Waals surface area contributed by atoms with E-state index in [0.717, 1.165) is 0 Å².